The van der Waals surface area contributed by atoms with Crippen molar-refractivity contribution >= 4 is 34.3 Å². The average molecular weight is 395 g/mol. The van der Waals surface area contributed by atoms with E-state index in [1.165, 1.54) is 11.8 Å². The highest BCUT2D eigenvalue weighted by molar-refractivity contribution is 8.00. The van der Waals surface area contributed by atoms with Gasteiger partial charge in [0.1, 0.15) is 24.1 Å². The fraction of sp³-hybridized carbons (Fsp3) is 0.286. The highest BCUT2D eigenvalue weighted by Crippen LogP contribution is 2.33. The quantitative estimate of drug-likeness (QED) is 0.514. The van der Waals surface area contributed by atoms with Crippen molar-refractivity contribution in [3.63, 3.8) is 0 Å². The number of rotatable bonds is 5. The number of anilines is 1. The minimum Gasteiger partial charge on any atom is -0.486 e. The Kier molecular flexibility index (Phi) is 5.34. The summed E-state index contributed by atoms with van der Waals surface area (Å²) in [5.41, 5.74) is 1.58. The topological polar surface area (TPSA) is 73.3 Å². The third kappa shape index (κ3) is 4.04. The van der Waals surface area contributed by atoms with E-state index in [9.17, 15) is 4.79 Å². The van der Waals surface area contributed by atoms with Crippen LogP contribution in [0.25, 0.3) is 10.9 Å². The van der Waals surface area contributed by atoms with E-state index >= 15 is 0 Å². The molecule has 4 rings (SSSR count). The van der Waals surface area contributed by atoms with Gasteiger partial charge in [-0.3, -0.25) is 4.79 Å². The van der Waals surface area contributed by atoms with E-state index in [1.807, 2.05) is 36.4 Å². The first-order valence-electron chi connectivity index (χ1n) is 9.19. The van der Waals surface area contributed by atoms with Gasteiger partial charge in [0, 0.05) is 23.1 Å². The molecule has 7 heteroatoms. The number of amides is 1. The van der Waals surface area contributed by atoms with Crippen LogP contribution in [0.5, 0.6) is 11.5 Å². The molecule has 0 bridgehead atoms. The van der Waals surface area contributed by atoms with Crippen LogP contribution in [0.15, 0.2) is 47.5 Å². The predicted molar refractivity (Wildman–Crippen MR) is 110 cm³/mol. The number of hydrogen-bond donors (Lipinski definition) is 1. The van der Waals surface area contributed by atoms with E-state index < -0.39 is 0 Å². The number of hydrogen-bond acceptors (Lipinski definition) is 6. The molecule has 2 aromatic carbocycles. The number of carbonyl (C=O) groups excluding carboxylic acids is 1. The number of carbonyl (C=O) groups is 1. The standard InChI is InChI=1S/C21H21N3O3S/c1-13(2)20-23-16-6-4-3-5-15(16)21(24-20)28-12-19(25)22-14-7-8-17-18(11-14)27-10-9-26-17/h3-8,11,13H,9-10,12H2,1-2H3,(H,22,25). The minimum atomic E-state index is -0.101. The normalized spacial score (nSPS) is 13.0. The molecule has 3 aromatic rings. The molecule has 1 aliphatic heterocycles. The van der Waals surface area contributed by atoms with E-state index in [0.717, 1.165) is 21.8 Å². The van der Waals surface area contributed by atoms with Gasteiger partial charge in [0.15, 0.2) is 11.5 Å². The van der Waals surface area contributed by atoms with Crippen LogP contribution in [-0.2, 0) is 4.79 Å². The molecule has 144 valence electrons. The number of thioether (sulfide) groups is 1. The minimum absolute atomic E-state index is 0.101. The molecule has 1 N–H and O–H groups in total. The molecule has 0 fully saturated rings. The molecule has 2 heterocycles. The van der Waals surface area contributed by atoms with Gasteiger partial charge in [0.05, 0.1) is 11.3 Å². The van der Waals surface area contributed by atoms with Gasteiger partial charge in [-0.2, -0.15) is 0 Å². The zero-order chi connectivity index (χ0) is 19.5. The van der Waals surface area contributed by atoms with E-state index in [2.05, 4.69) is 29.1 Å². The molecular formula is C21H21N3O3S. The lowest BCUT2D eigenvalue weighted by Crippen LogP contribution is -2.17. The second kappa shape index (κ2) is 8.06. The molecule has 0 unspecified atom stereocenters. The molecule has 0 radical (unpaired) electrons. The summed E-state index contributed by atoms with van der Waals surface area (Å²) in [6.45, 7) is 5.18. The molecule has 0 atom stereocenters. The number of para-hydroxylation sites is 1. The van der Waals surface area contributed by atoms with E-state index in [-0.39, 0.29) is 17.6 Å². The first-order valence-corrected chi connectivity index (χ1v) is 10.2. The highest BCUT2D eigenvalue weighted by atomic mass is 32.2. The summed E-state index contributed by atoms with van der Waals surface area (Å²) in [5, 5.41) is 4.70. The summed E-state index contributed by atoms with van der Waals surface area (Å²) >= 11 is 1.42. The van der Waals surface area contributed by atoms with Crippen molar-refractivity contribution in [2.24, 2.45) is 0 Å². The highest BCUT2D eigenvalue weighted by Gasteiger charge is 2.15. The molecule has 0 saturated heterocycles. The van der Waals surface area contributed by atoms with Crippen LogP contribution in [0.4, 0.5) is 5.69 Å². The Balaban J connectivity index is 1.47. The lowest BCUT2D eigenvalue weighted by molar-refractivity contribution is -0.113. The van der Waals surface area contributed by atoms with Crippen molar-refractivity contribution in [3.8, 4) is 11.5 Å². The number of ether oxygens (including phenoxy) is 2. The zero-order valence-electron chi connectivity index (χ0n) is 15.8. The maximum absolute atomic E-state index is 12.5. The Morgan fingerprint density at radius 3 is 2.71 bits per heavy atom. The second-order valence-corrected chi connectivity index (χ2v) is 7.72. The Bertz CT molecular complexity index is 1020. The Hall–Kier alpha value is -2.80. The van der Waals surface area contributed by atoms with Gasteiger partial charge in [-0.05, 0) is 18.2 Å². The number of fused-ring (bicyclic) bond motifs is 2. The summed E-state index contributed by atoms with van der Waals surface area (Å²) in [4.78, 5) is 21.8. The van der Waals surface area contributed by atoms with Gasteiger partial charge in [-0.1, -0.05) is 43.8 Å². The Morgan fingerprint density at radius 1 is 1.11 bits per heavy atom. The monoisotopic (exact) mass is 395 g/mol. The van der Waals surface area contributed by atoms with Crippen molar-refractivity contribution in [3.05, 3.63) is 48.3 Å². The van der Waals surface area contributed by atoms with Crippen molar-refractivity contribution in [2.45, 2.75) is 24.8 Å². The summed E-state index contributed by atoms with van der Waals surface area (Å²) < 4.78 is 11.1. The van der Waals surface area contributed by atoms with Crippen LogP contribution in [-0.4, -0.2) is 34.8 Å². The van der Waals surface area contributed by atoms with Gasteiger partial charge in [-0.15, -0.1) is 0 Å². The molecule has 0 spiro atoms. The van der Waals surface area contributed by atoms with Gasteiger partial charge < -0.3 is 14.8 Å². The van der Waals surface area contributed by atoms with Crippen LogP contribution >= 0.6 is 11.8 Å². The number of benzene rings is 2. The van der Waals surface area contributed by atoms with Crippen LogP contribution < -0.4 is 14.8 Å². The smallest absolute Gasteiger partial charge is 0.234 e. The van der Waals surface area contributed by atoms with Crippen LogP contribution in [0.1, 0.15) is 25.6 Å². The Morgan fingerprint density at radius 2 is 1.89 bits per heavy atom. The first-order chi connectivity index (χ1) is 13.6. The van der Waals surface area contributed by atoms with Gasteiger partial charge in [0.25, 0.3) is 0 Å². The van der Waals surface area contributed by atoms with Gasteiger partial charge in [0.2, 0.25) is 5.91 Å². The molecule has 1 aromatic heterocycles. The van der Waals surface area contributed by atoms with Crippen molar-refractivity contribution in [1.82, 2.24) is 9.97 Å². The van der Waals surface area contributed by atoms with Crippen molar-refractivity contribution in [1.29, 1.82) is 0 Å². The Labute approximate surface area is 167 Å². The molecular weight excluding hydrogens is 374 g/mol. The van der Waals surface area contributed by atoms with Crippen LogP contribution in [0, 0.1) is 0 Å². The molecule has 6 nitrogen and oxygen atoms in total. The van der Waals surface area contributed by atoms with Crippen molar-refractivity contribution < 1.29 is 14.3 Å². The predicted octanol–water partition coefficient (Wildman–Crippen LogP) is 4.26. The average Bonchev–Trinajstić information content (AvgIpc) is 2.71. The maximum atomic E-state index is 12.5. The fourth-order valence-corrected chi connectivity index (χ4v) is 3.71. The van der Waals surface area contributed by atoms with Gasteiger partial charge in [-0.25, -0.2) is 9.97 Å². The summed E-state index contributed by atoms with van der Waals surface area (Å²) in [5.74, 6) is 2.51. The number of nitrogens with one attached hydrogen (secondary N) is 1. The SMILES string of the molecule is CC(C)c1nc(SCC(=O)Nc2ccc3c(c2)OCCO3)c2ccccc2n1. The fourth-order valence-electron chi connectivity index (χ4n) is 2.88. The third-order valence-electron chi connectivity index (χ3n) is 4.27. The van der Waals surface area contributed by atoms with Crippen LogP contribution in [0.3, 0.4) is 0 Å². The number of aromatic nitrogens is 2. The molecule has 1 aliphatic rings. The summed E-state index contributed by atoms with van der Waals surface area (Å²) in [7, 11) is 0. The summed E-state index contributed by atoms with van der Waals surface area (Å²) in [6.07, 6.45) is 0. The third-order valence-corrected chi connectivity index (χ3v) is 5.26. The van der Waals surface area contributed by atoms with Gasteiger partial charge >= 0.3 is 0 Å². The molecule has 0 saturated carbocycles. The van der Waals surface area contributed by atoms with E-state index in [1.54, 1.807) is 6.07 Å². The molecule has 1 amide bonds. The first kappa shape index (κ1) is 18.6. The van der Waals surface area contributed by atoms with Crippen molar-refractivity contribution in [2.75, 3.05) is 24.3 Å². The van der Waals surface area contributed by atoms with E-state index in [0.29, 0.717) is 30.4 Å². The number of nitrogens with zero attached hydrogens (tertiary/aromatic N) is 2. The lowest BCUT2D eigenvalue weighted by atomic mass is 10.2. The van der Waals surface area contributed by atoms with E-state index in [4.69, 9.17) is 9.47 Å². The maximum Gasteiger partial charge on any atom is 0.234 e. The molecule has 28 heavy (non-hydrogen) atoms. The lowest BCUT2D eigenvalue weighted by Gasteiger charge is -2.19. The summed E-state index contributed by atoms with van der Waals surface area (Å²) in [6, 6.07) is 13.3. The second-order valence-electron chi connectivity index (χ2n) is 6.75. The molecule has 0 aliphatic carbocycles. The largest absolute Gasteiger partial charge is 0.486 e. The van der Waals surface area contributed by atoms with Crippen LogP contribution in [0.2, 0.25) is 0 Å². The zero-order valence-corrected chi connectivity index (χ0v) is 16.6.